The molecule has 1 aliphatic heterocycles. The van der Waals surface area contributed by atoms with Gasteiger partial charge in [-0.1, -0.05) is 18.2 Å². The van der Waals surface area contributed by atoms with Crippen LogP contribution in [-0.4, -0.2) is 52.2 Å². The monoisotopic (exact) mass is 384 g/mol. The van der Waals surface area contributed by atoms with Gasteiger partial charge in [-0.3, -0.25) is 4.99 Å². The van der Waals surface area contributed by atoms with E-state index in [0.717, 1.165) is 31.2 Å². The largest absolute Gasteiger partial charge is 0.478 e. The summed E-state index contributed by atoms with van der Waals surface area (Å²) in [5.41, 5.74) is 4.86. The van der Waals surface area contributed by atoms with Crippen molar-refractivity contribution in [3.8, 4) is 11.3 Å². The Labute approximate surface area is 163 Å². The molecule has 0 aliphatic carbocycles. The summed E-state index contributed by atoms with van der Waals surface area (Å²) in [6.07, 6.45) is 1.12. The van der Waals surface area contributed by atoms with Crippen molar-refractivity contribution in [2.24, 2.45) is 12.0 Å². The summed E-state index contributed by atoms with van der Waals surface area (Å²) in [7, 11) is 2.10. The van der Waals surface area contributed by atoms with Crippen molar-refractivity contribution in [1.82, 2.24) is 9.88 Å². The Morgan fingerprint density at radius 2 is 1.86 bits per heavy atom. The van der Waals surface area contributed by atoms with Crippen LogP contribution in [0.5, 0.6) is 0 Å². The number of carbonyl (C=O) groups is 2. The first-order valence-electron chi connectivity index (χ1n) is 8.75. The molecule has 1 aromatic carbocycles. The molecule has 2 heterocycles. The number of aryl methyl sites for hydroxylation is 1. The maximum absolute atomic E-state index is 9.55. The molecule has 148 valence electrons. The number of carboxylic acids is 2. The average Bonchev–Trinajstić information content (AvgIpc) is 3.30. The van der Waals surface area contributed by atoms with Gasteiger partial charge in [-0.15, -0.1) is 0 Å². The average molecular weight is 384 g/mol. The van der Waals surface area contributed by atoms with Gasteiger partial charge in [-0.05, 0) is 25.1 Å². The van der Waals surface area contributed by atoms with Crippen molar-refractivity contribution >= 4 is 23.5 Å². The molecule has 0 saturated heterocycles. The van der Waals surface area contributed by atoms with Crippen molar-refractivity contribution in [2.75, 3.05) is 25.0 Å². The van der Waals surface area contributed by atoms with E-state index in [1.54, 1.807) is 0 Å². The second-order valence-corrected chi connectivity index (χ2v) is 6.08. The minimum absolute atomic E-state index is 0.558. The number of benzene rings is 1. The molecule has 0 radical (unpaired) electrons. The fourth-order valence-electron chi connectivity index (χ4n) is 2.63. The van der Waals surface area contributed by atoms with E-state index in [-0.39, 0.29) is 0 Å². The zero-order valence-electron chi connectivity index (χ0n) is 15.8. The SMILES string of the molecule is Cc1ccc(-c2ccccc2NCC2=NCCN2)n1C.O=C(O)/C=C/C(=O)O. The van der Waals surface area contributed by atoms with E-state index in [1.165, 1.54) is 17.0 Å². The van der Waals surface area contributed by atoms with Crippen LogP contribution in [0.2, 0.25) is 0 Å². The second kappa shape index (κ2) is 9.96. The van der Waals surface area contributed by atoms with Crippen LogP contribution in [0.4, 0.5) is 5.69 Å². The molecular weight excluding hydrogens is 360 g/mol. The summed E-state index contributed by atoms with van der Waals surface area (Å²) in [5, 5.41) is 22.4. The molecule has 3 rings (SSSR count). The molecule has 0 spiro atoms. The highest BCUT2D eigenvalue weighted by Crippen LogP contribution is 2.28. The lowest BCUT2D eigenvalue weighted by Crippen LogP contribution is -2.26. The van der Waals surface area contributed by atoms with Gasteiger partial charge in [0.05, 0.1) is 18.8 Å². The van der Waals surface area contributed by atoms with Crippen molar-refractivity contribution in [2.45, 2.75) is 6.92 Å². The minimum atomic E-state index is -1.26. The predicted molar refractivity (Wildman–Crippen MR) is 109 cm³/mol. The summed E-state index contributed by atoms with van der Waals surface area (Å²) in [4.78, 5) is 23.5. The maximum Gasteiger partial charge on any atom is 0.328 e. The van der Waals surface area contributed by atoms with Crippen LogP contribution in [0.25, 0.3) is 11.3 Å². The van der Waals surface area contributed by atoms with Crippen LogP contribution in [0, 0.1) is 6.92 Å². The molecule has 0 fully saturated rings. The number of hydrogen-bond donors (Lipinski definition) is 4. The molecule has 0 amide bonds. The molecule has 2 aromatic rings. The first-order chi connectivity index (χ1) is 13.4. The Morgan fingerprint density at radius 1 is 1.18 bits per heavy atom. The second-order valence-electron chi connectivity index (χ2n) is 6.08. The molecule has 0 unspecified atom stereocenters. The lowest BCUT2D eigenvalue weighted by Gasteiger charge is -2.13. The molecular formula is C20H24N4O4. The van der Waals surface area contributed by atoms with Gasteiger partial charge in [-0.2, -0.15) is 0 Å². The number of nitrogens with zero attached hydrogens (tertiary/aromatic N) is 2. The topological polar surface area (TPSA) is 116 Å². The third-order valence-electron chi connectivity index (χ3n) is 4.13. The van der Waals surface area contributed by atoms with Crippen LogP contribution < -0.4 is 10.6 Å². The summed E-state index contributed by atoms with van der Waals surface area (Å²) >= 11 is 0. The van der Waals surface area contributed by atoms with Gasteiger partial charge >= 0.3 is 11.9 Å². The van der Waals surface area contributed by atoms with Gasteiger partial charge in [0, 0.05) is 42.7 Å². The van der Waals surface area contributed by atoms with Gasteiger partial charge in [0.2, 0.25) is 0 Å². The Hall–Kier alpha value is -3.55. The predicted octanol–water partition coefficient (Wildman–Crippen LogP) is 2.13. The lowest BCUT2D eigenvalue weighted by atomic mass is 10.1. The molecule has 0 saturated carbocycles. The smallest absolute Gasteiger partial charge is 0.328 e. The van der Waals surface area contributed by atoms with Gasteiger partial charge in [0.1, 0.15) is 5.84 Å². The number of carboxylic acid groups (broad SMARTS) is 2. The minimum Gasteiger partial charge on any atom is -0.478 e. The number of amidine groups is 1. The summed E-state index contributed by atoms with van der Waals surface area (Å²) in [6.45, 7) is 4.71. The fourth-order valence-corrected chi connectivity index (χ4v) is 2.63. The molecule has 1 aromatic heterocycles. The first kappa shape index (κ1) is 20.8. The lowest BCUT2D eigenvalue weighted by molar-refractivity contribution is -0.134. The van der Waals surface area contributed by atoms with Crippen LogP contribution in [-0.2, 0) is 16.6 Å². The zero-order valence-corrected chi connectivity index (χ0v) is 15.8. The van der Waals surface area contributed by atoms with Gasteiger partial charge in [0.25, 0.3) is 0 Å². The maximum atomic E-state index is 9.55. The van der Waals surface area contributed by atoms with Crippen LogP contribution in [0.3, 0.4) is 0 Å². The number of anilines is 1. The van der Waals surface area contributed by atoms with E-state index in [9.17, 15) is 9.59 Å². The number of para-hydroxylation sites is 1. The molecule has 0 bridgehead atoms. The van der Waals surface area contributed by atoms with E-state index in [2.05, 4.69) is 70.6 Å². The summed E-state index contributed by atoms with van der Waals surface area (Å²) in [5.74, 6) is -1.47. The molecule has 0 atom stereocenters. The number of aliphatic carboxylic acids is 2. The first-order valence-corrected chi connectivity index (χ1v) is 8.75. The highest BCUT2D eigenvalue weighted by molar-refractivity contribution is 5.90. The van der Waals surface area contributed by atoms with E-state index in [4.69, 9.17) is 10.2 Å². The highest BCUT2D eigenvalue weighted by atomic mass is 16.4. The van der Waals surface area contributed by atoms with Gasteiger partial charge in [-0.25, -0.2) is 9.59 Å². The Bertz CT molecular complexity index is 883. The van der Waals surface area contributed by atoms with Crippen LogP contribution >= 0.6 is 0 Å². The van der Waals surface area contributed by atoms with Gasteiger partial charge < -0.3 is 25.4 Å². The zero-order chi connectivity index (χ0) is 20.5. The van der Waals surface area contributed by atoms with Crippen LogP contribution in [0.1, 0.15) is 5.69 Å². The summed E-state index contributed by atoms with van der Waals surface area (Å²) in [6, 6.07) is 12.7. The third kappa shape index (κ3) is 6.01. The van der Waals surface area contributed by atoms with E-state index in [1.807, 2.05) is 0 Å². The summed E-state index contributed by atoms with van der Waals surface area (Å²) < 4.78 is 2.21. The molecule has 8 nitrogen and oxygen atoms in total. The van der Waals surface area contributed by atoms with Crippen molar-refractivity contribution in [3.05, 3.63) is 54.2 Å². The number of aliphatic imine (C=N–C) groups is 1. The Morgan fingerprint density at radius 3 is 2.39 bits per heavy atom. The third-order valence-corrected chi connectivity index (χ3v) is 4.13. The number of hydrogen-bond acceptors (Lipinski definition) is 5. The van der Waals surface area contributed by atoms with E-state index < -0.39 is 11.9 Å². The number of rotatable bonds is 6. The number of aromatic nitrogens is 1. The molecule has 1 aliphatic rings. The van der Waals surface area contributed by atoms with Gasteiger partial charge in [0.15, 0.2) is 0 Å². The van der Waals surface area contributed by atoms with Crippen molar-refractivity contribution in [3.63, 3.8) is 0 Å². The van der Waals surface area contributed by atoms with E-state index in [0.29, 0.717) is 12.2 Å². The Balaban J connectivity index is 0.000000300. The normalized spacial score (nSPS) is 12.7. The molecule has 8 heteroatoms. The van der Waals surface area contributed by atoms with Crippen molar-refractivity contribution < 1.29 is 19.8 Å². The van der Waals surface area contributed by atoms with Crippen molar-refractivity contribution in [1.29, 1.82) is 0 Å². The highest BCUT2D eigenvalue weighted by Gasteiger charge is 2.10. The number of nitrogens with one attached hydrogen (secondary N) is 2. The standard InChI is InChI=1S/C16H20N4.C4H4O4/c1-12-7-8-15(20(12)2)13-5-3-4-6-14(13)19-11-16-17-9-10-18-16;5-3(6)1-2-4(7)8/h3-8,19H,9-11H2,1-2H3,(H,17,18);1-2H,(H,5,6)(H,7,8)/b;2-1+. The van der Waals surface area contributed by atoms with Crippen LogP contribution in [0.15, 0.2) is 53.5 Å². The Kier molecular flexibility index (Phi) is 7.38. The molecule has 4 N–H and O–H groups in total. The quantitative estimate of drug-likeness (QED) is 0.567. The fraction of sp³-hybridized carbons (Fsp3) is 0.250. The molecule has 28 heavy (non-hydrogen) atoms. The van der Waals surface area contributed by atoms with E-state index >= 15 is 0 Å².